The van der Waals surface area contributed by atoms with Crippen LogP contribution in [0.5, 0.6) is 5.75 Å². The summed E-state index contributed by atoms with van der Waals surface area (Å²) in [5, 5.41) is 1.11. The van der Waals surface area contributed by atoms with E-state index >= 15 is 0 Å². The smallest absolute Gasteiger partial charge is 0.162 e. The van der Waals surface area contributed by atoms with Gasteiger partial charge in [0.05, 0.1) is 12.6 Å². The molecule has 0 unspecified atom stereocenters. The van der Waals surface area contributed by atoms with Crippen molar-refractivity contribution < 1.29 is 4.74 Å². The Balaban J connectivity index is 1.54. The van der Waals surface area contributed by atoms with Crippen LogP contribution in [-0.4, -0.2) is 30.2 Å². The number of fused-ring (bicyclic) bond motifs is 1. The molecule has 29 heavy (non-hydrogen) atoms. The number of hydrogen-bond acceptors (Lipinski definition) is 4. The summed E-state index contributed by atoms with van der Waals surface area (Å²) < 4.78 is 5.29. The zero-order valence-corrected chi connectivity index (χ0v) is 16.5. The number of para-hydroxylation sites is 1. The van der Waals surface area contributed by atoms with Gasteiger partial charge in [0.15, 0.2) is 5.82 Å². The number of ether oxygens (including phenoxy) is 1. The van der Waals surface area contributed by atoms with Crippen LogP contribution in [0, 0.1) is 0 Å². The van der Waals surface area contributed by atoms with Gasteiger partial charge >= 0.3 is 0 Å². The second-order valence-electron chi connectivity index (χ2n) is 7.46. The van der Waals surface area contributed by atoms with E-state index in [1.807, 2.05) is 30.3 Å². The highest BCUT2D eigenvalue weighted by Crippen LogP contribution is 2.34. The van der Waals surface area contributed by atoms with Crippen molar-refractivity contribution in [1.29, 1.82) is 0 Å². The third-order valence-electron chi connectivity index (χ3n) is 5.69. The minimum absolute atomic E-state index is 0.536. The Kier molecular flexibility index (Phi) is 4.60. The van der Waals surface area contributed by atoms with E-state index in [0.717, 1.165) is 53.4 Å². The van der Waals surface area contributed by atoms with E-state index < -0.39 is 0 Å². The molecule has 0 aliphatic carbocycles. The minimum Gasteiger partial charge on any atom is -0.497 e. The molecular formula is C25H23N3O. The number of anilines is 1. The maximum Gasteiger partial charge on any atom is 0.162 e. The fraction of sp³-hybridized carbons (Fsp3) is 0.200. The molecule has 1 fully saturated rings. The van der Waals surface area contributed by atoms with Crippen LogP contribution in [0.1, 0.15) is 17.9 Å². The second-order valence-corrected chi connectivity index (χ2v) is 7.46. The van der Waals surface area contributed by atoms with E-state index in [-0.39, 0.29) is 0 Å². The summed E-state index contributed by atoms with van der Waals surface area (Å²) in [5.41, 5.74) is 3.38. The molecular weight excluding hydrogens is 358 g/mol. The summed E-state index contributed by atoms with van der Waals surface area (Å²) >= 11 is 0. The summed E-state index contributed by atoms with van der Waals surface area (Å²) in [5.74, 6) is 3.15. The maximum absolute atomic E-state index is 5.29. The molecule has 1 aromatic heterocycles. The molecule has 5 rings (SSSR count). The first-order valence-corrected chi connectivity index (χ1v) is 10.0. The Morgan fingerprint density at radius 1 is 0.862 bits per heavy atom. The van der Waals surface area contributed by atoms with E-state index in [1.165, 1.54) is 5.56 Å². The lowest BCUT2D eigenvalue weighted by Gasteiger charge is -2.20. The third kappa shape index (κ3) is 3.42. The van der Waals surface area contributed by atoms with Crippen molar-refractivity contribution in [3.05, 3.63) is 84.4 Å². The number of nitrogens with zero attached hydrogens (tertiary/aromatic N) is 3. The van der Waals surface area contributed by atoms with Crippen molar-refractivity contribution in [2.75, 3.05) is 25.1 Å². The van der Waals surface area contributed by atoms with Crippen molar-refractivity contribution in [2.24, 2.45) is 0 Å². The number of rotatable bonds is 4. The van der Waals surface area contributed by atoms with Crippen LogP contribution in [0.2, 0.25) is 0 Å². The molecule has 0 amide bonds. The highest BCUT2D eigenvalue weighted by molar-refractivity contribution is 5.91. The van der Waals surface area contributed by atoms with Gasteiger partial charge in [-0.1, -0.05) is 42.5 Å². The predicted molar refractivity (Wildman–Crippen MR) is 118 cm³/mol. The van der Waals surface area contributed by atoms with E-state index in [1.54, 1.807) is 7.11 Å². The average molecular weight is 381 g/mol. The van der Waals surface area contributed by atoms with Crippen molar-refractivity contribution in [3.63, 3.8) is 0 Å². The normalized spacial score (nSPS) is 16.3. The lowest BCUT2D eigenvalue weighted by molar-refractivity contribution is 0.415. The van der Waals surface area contributed by atoms with Crippen molar-refractivity contribution in [2.45, 2.75) is 12.3 Å². The Bertz CT molecular complexity index is 1130. The van der Waals surface area contributed by atoms with Gasteiger partial charge < -0.3 is 9.64 Å². The summed E-state index contributed by atoms with van der Waals surface area (Å²) in [6, 6.07) is 27.0. The largest absolute Gasteiger partial charge is 0.497 e. The highest BCUT2D eigenvalue weighted by Gasteiger charge is 2.26. The molecule has 1 saturated heterocycles. The standard InChI is InChI=1S/C25H23N3O/c1-29-21-13-11-19(12-14-21)24-26-23-10-6-5-9-22(23)25(27-24)28-16-15-20(17-28)18-7-3-2-4-8-18/h2-14,20H,15-17H2,1H3/t20-/m1/s1. The van der Waals surface area contributed by atoms with Gasteiger partial charge in [-0.2, -0.15) is 0 Å². The van der Waals surface area contributed by atoms with E-state index in [2.05, 4.69) is 53.4 Å². The summed E-state index contributed by atoms with van der Waals surface area (Å²) in [6.07, 6.45) is 1.14. The first-order chi connectivity index (χ1) is 14.3. The highest BCUT2D eigenvalue weighted by atomic mass is 16.5. The SMILES string of the molecule is COc1ccc(-c2nc(N3CC[C@@H](c4ccccc4)C3)c3ccccc3n2)cc1. The first kappa shape index (κ1) is 17.7. The van der Waals surface area contributed by atoms with Gasteiger partial charge in [-0.15, -0.1) is 0 Å². The van der Waals surface area contributed by atoms with Crippen molar-refractivity contribution in [1.82, 2.24) is 9.97 Å². The van der Waals surface area contributed by atoms with Crippen LogP contribution >= 0.6 is 0 Å². The average Bonchev–Trinajstić information content (AvgIpc) is 3.29. The Morgan fingerprint density at radius 2 is 1.62 bits per heavy atom. The quantitative estimate of drug-likeness (QED) is 0.481. The number of aromatic nitrogens is 2. The number of methoxy groups -OCH3 is 1. The van der Waals surface area contributed by atoms with Crippen LogP contribution in [0.3, 0.4) is 0 Å². The fourth-order valence-electron chi connectivity index (χ4n) is 4.12. The Morgan fingerprint density at radius 3 is 2.41 bits per heavy atom. The van der Waals surface area contributed by atoms with Crippen LogP contribution < -0.4 is 9.64 Å². The first-order valence-electron chi connectivity index (χ1n) is 10.0. The molecule has 0 N–H and O–H groups in total. The second kappa shape index (κ2) is 7.55. The molecule has 1 aliphatic rings. The molecule has 0 radical (unpaired) electrons. The third-order valence-corrected chi connectivity index (χ3v) is 5.69. The van der Waals surface area contributed by atoms with Crippen molar-refractivity contribution in [3.8, 4) is 17.1 Å². The summed E-state index contributed by atoms with van der Waals surface area (Å²) in [7, 11) is 1.68. The predicted octanol–water partition coefficient (Wildman–Crippen LogP) is 5.30. The summed E-state index contributed by atoms with van der Waals surface area (Å²) in [6.45, 7) is 1.98. The molecule has 1 atom stereocenters. The van der Waals surface area contributed by atoms with Gasteiger partial charge in [-0.25, -0.2) is 9.97 Å². The Labute approximate surface area is 170 Å². The molecule has 0 bridgehead atoms. The number of hydrogen-bond donors (Lipinski definition) is 0. The van der Waals surface area contributed by atoms with E-state index in [0.29, 0.717) is 5.92 Å². The van der Waals surface area contributed by atoms with Gasteiger partial charge in [0, 0.05) is 30.0 Å². The maximum atomic E-state index is 5.29. The lowest BCUT2D eigenvalue weighted by Crippen LogP contribution is -2.21. The molecule has 144 valence electrons. The van der Waals surface area contributed by atoms with Crippen LogP contribution in [0.4, 0.5) is 5.82 Å². The molecule has 4 heteroatoms. The van der Waals surface area contributed by atoms with Gasteiger partial charge in [0.25, 0.3) is 0 Å². The van der Waals surface area contributed by atoms with Crippen LogP contribution in [-0.2, 0) is 0 Å². The van der Waals surface area contributed by atoms with Gasteiger partial charge in [0.2, 0.25) is 0 Å². The fourth-order valence-corrected chi connectivity index (χ4v) is 4.12. The lowest BCUT2D eigenvalue weighted by atomic mass is 9.99. The summed E-state index contributed by atoms with van der Waals surface area (Å²) in [4.78, 5) is 12.3. The topological polar surface area (TPSA) is 38.2 Å². The number of benzene rings is 3. The molecule has 4 aromatic rings. The monoisotopic (exact) mass is 381 g/mol. The van der Waals surface area contributed by atoms with Crippen molar-refractivity contribution >= 4 is 16.7 Å². The van der Waals surface area contributed by atoms with E-state index in [4.69, 9.17) is 14.7 Å². The van der Waals surface area contributed by atoms with E-state index in [9.17, 15) is 0 Å². The van der Waals surface area contributed by atoms with Crippen LogP contribution in [0.15, 0.2) is 78.9 Å². The van der Waals surface area contributed by atoms with Gasteiger partial charge in [-0.3, -0.25) is 0 Å². The molecule has 2 heterocycles. The van der Waals surface area contributed by atoms with Gasteiger partial charge in [0.1, 0.15) is 11.6 Å². The zero-order valence-electron chi connectivity index (χ0n) is 16.5. The molecule has 0 spiro atoms. The minimum atomic E-state index is 0.536. The Hall–Kier alpha value is -3.40. The molecule has 0 saturated carbocycles. The van der Waals surface area contributed by atoms with Crippen LogP contribution in [0.25, 0.3) is 22.3 Å². The molecule has 3 aromatic carbocycles. The van der Waals surface area contributed by atoms with Gasteiger partial charge in [-0.05, 0) is 48.4 Å². The molecule has 1 aliphatic heterocycles. The molecule has 4 nitrogen and oxygen atoms in total. The zero-order chi connectivity index (χ0) is 19.6.